The van der Waals surface area contributed by atoms with Crippen molar-refractivity contribution in [3.63, 3.8) is 0 Å². The number of carboxylic acid groups (broad SMARTS) is 1. The van der Waals surface area contributed by atoms with E-state index in [0.717, 1.165) is 46.9 Å². The third-order valence-electron chi connectivity index (χ3n) is 8.84. The van der Waals surface area contributed by atoms with Crippen molar-refractivity contribution < 1.29 is 28.5 Å². The maximum atomic E-state index is 14.4. The molecule has 1 unspecified atom stereocenters. The summed E-state index contributed by atoms with van der Waals surface area (Å²) >= 11 is 0. The number of aliphatic carboxylic acids is 1. The predicted molar refractivity (Wildman–Crippen MR) is 175 cm³/mol. The van der Waals surface area contributed by atoms with Gasteiger partial charge in [0.2, 0.25) is 0 Å². The zero-order valence-electron chi connectivity index (χ0n) is 27.4. The molecule has 5 heterocycles. The van der Waals surface area contributed by atoms with Gasteiger partial charge in [0, 0.05) is 30.3 Å². The van der Waals surface area contributed by atoms with Crippen LogP contribution in [0.4, 0.5) is 4.39 Å². The second-order valence-corrected chi connectivity index (χ2v) is 13.7. The SMILES string of the molecule is CC1N=C2CC3=NN2C(=C1[C@H](OC(C)(C)C)C(=O)O)N1CCC(C)(CC1)OC/C=C\[C@H](C)Oc1cc(F)ccc1-c1cccc3c1. The van der Waals surface area contributed by atoms with Gasteiger partial charge in [-0.25, -0.2) is 14.2 Å². The molecule has 0 aliphatic carbocycles. The van der Waals surface area contributed by atoms with Crippen LogP contribution in [0.15, 0.2) is 76.1 Å². The van der Waals surface area contributed by atoms with Crippen LogP contribution in [0.1, 0.15) is 66.4 Å². The van der Waals surface area contributed by atoms with Crippen LogP contribution in [0, 0.1) is 5.82 Å². The minimum absolute atomic E-state index is 0.306. The topological polar surface area (TPSA) is 96.2 Å². The Morgan fingerprint density at radius 1 is 1.13 bits per heavy atom. The number of amidine groups is 1. The molecular weight excluding hydrogens is 587 g/mol. The Kier molecular flexibility index (Phi) is 8.54. The number of hydrazone groups is 1. The Morgan fingerprint density at radius 2 is 1.87 bits per heavy atom. The number of carboxylic acids is 1. The molecule has 0 radical (unpaired) electrons. The van der Waals surface area contributed by atoms with Crippen molar-refractivity contribution in [2.24, 2.45) is 10.1 Å². The smallest absolute Gasteiger partial charge is 0.337 e. The fraction of sp³-hybridized carbons (Fsp3) is 0.472. The molecule has 10 heteroatoms. The number of nitrogens with zero attached hydrogens (tertiary/aromatic N) is 4. The van der Waals surface area contributed by atoms with Gasteiger partial charge in [0.25, 0.3) is 0 Å². The molecule has 0 amide bonds. The van der Waals surface area contributed by atoms with Gasteiger partial charge in [-0.05, 0) is 89.8 Å². The Hall–Kier alpha value is -4.02. The number of benzene rings is 2. The number of carbonyl (C=O) groups is 1. The molecule has 1 saturated heterocycles. The summed E-state index contributed by atoms with van der Waals surface area (Å²) < 4.78 is 33.2. The molecule has 6 bridgehead atoms. The van der Waals surface area contributed by atoms with Crippen molar-refractivity contribution in [2.75, 3.05) is 19.7 Å². The number of aliphatic imine (C=N–C) groups is 1. The normalized spacial score (nSPS) is 26.2. The lowest BCUT2D eigenvalue weighted by molar-refractivity contribution is -0.156. The Morgan fingerprint density at radius 3 is 2.59 bits per heavy atom. The molecule has 46 heavy (non-hydrogen) atoms. The highest BCUT2D eigenvalue weighted by Crippen LogP contribution is 2.39. The lowest BCUT2D eigenvalue weighted by Gasteiger charge is -2.45. The largest absolute Gasteiger partial charge is 0.486 e. The van der Waals surface area contributed by atoms with Gasteiger partial charge < -0.3 is 24.2 Å². The predicted octanol–water partition coefficient (Wildman–Crippen LogP) is 6.39. The molecule has 2 aromatic rings. The van der Waals surface area contributed by atoms with Gasteiger partial charge in [-0.2, -0.15) is 5.10 Å². The first-order chi connectivity index (χ1) is 21.8. The number of hydrogen-bond acceptors (Lipinski definition) is 8. The summed E-state index contributed by atoms with van der Waals surface area (Å²) in [7, 11) is 0. The molecular formula is C36H43FN4O5. The van der Waals surface area contributed by atoms with Crippen molar-refractivity contribution in [3.8, 4) is 16.9 Å². The molecule has 1 fully saturated rings. The first-order valence-electron chi connectivity index (χ1n) is 16.0. The summed E-state index contributed by atoms with van der Waals surface area (Å²) in [6.45, 7) is 13.3. The molecule has 1 N–H and O–H groups in total. The monoisotopic (exact) mass is 630 g/mol. The van der Waals surface area contributed by atoms with E-state index in [-0.39, 0.29) is 17.5 Å². The van der Waals surface area contributed by atoms with Crippen LogP contribution in [0.25, 0.3) is 11.1 Å². The van der Waals surface area contributed by atoms with Gasteiger partial charge in [-0.15, -0.1) is 0 Å². The van der Waals surface area contributed by atoms with Crippen LogP contribution in [0.5, 0.6) is 5.75 Å². The van der Waals surface area contributed by atoms with E-state index in [1.54, 1.807) is 6.07 Å². The summed E-state index contributed by atoms with van der Waals surface area (Å²) in [6.07, 6.45) is 4.33. The van der Waals surface area contributed by atoms with Crippen LogP contribution < -0.4 is 4.74 Å². The highest BCUT2D eigenvalue weighted by atomic mass is 19.1. The first-order valence-corrected chi connectivity index (χ1v) is 16.0. The summed E-state index contributed by atoms with van der Waals surface area (Å²) in [5.41, 5.74) is 2.85. The third kappa shape index (κ3) is 6.59. The van der Waals surface area contributed by atoms with Gasteiger partial charge in [0.1, 0.15) is 29.3 Å². The zero-order valence-corrected chi connectivity index (χ0v) is 27.4. The van der Waals surface area contributed by atoms with Crippen molar-refractivity contribution in [2.45, 2.75) is 90.3 Å². The molecule has 2 aromatic carbocycles. The number of piperidine rings is 1. The first kappa shape index (κ1) is 31.9. The molecule has 5 aliphatic rings. The fourth-order valence-electron chi connectivity index (χ4n) is 6.49. The molecule has 5 aliphatic heterocycles. The average molecular weight is 631 g/mol. The van der Waals surface area contributed by atoms with Gasteiger partial charge in [0.05, 0.1) is 36.0 Å². The van der Waals surface area contributed by atoms with E-state index in [0.29, 0.717) is 37.4 Å². The minimum Gasteiger partial charge on any atom is -0.486 e. The van der Waals surface area contributed by atoms with Crippen molar-refractivity contribution in [3.05, 3.63) is 77.4 Å². The number of halogens is 1. The Labute approximate surface area is 270 Å². The van der Waals surface area contributed by atoms with Crippen LogP contribution in [-0.2, 0) is 14.3 Å². The number of rotatable bonds is 3. The summed E-state index contributed by atoms with van der Waals surface area (Å²) in [4.78, 5) is 20.0. The summed E-state index contributed by atoms with van der Waals surface area (Å²) in [5, 5.41) is 17.4. The maximum Gasteiger partial charge on any atom is 0.337 e. The summed E-state index contributed by atoms with van der Waals surface area (Å²) in [6, 6.07) is 12.1. The van der Waals surface area contributed by atoms with Crippen molar-refractivity contribution in [1.29, 1.82) is 0 Å². The quantitative estimate of drug-likeness (QED) is 0.393. The zero-order chi connectivity index (χ0) is 32.8. The van der Waals surface area contributed by atoms with Crippen LogP contribution in [-0.4, -0.2) is 81.7 Å². The maximum absolute atomic E-state index is 14.4. The second-order valence-electron chi connectivity index (χ2n) is 13.7. The van der Waals surface area contributed by atoms with Crippen molar-refractivity contribution >= 4 is 17.5 Å². The summed E-state index contributed by atoms with van der Waals surface area (Å²) in [5.74, 6) is 0.501. The van der Waals surface area contributed by atoms with E-state index in [4.69, 9.17) is 24.3 Å². The Bertz CT molecular complexity index is 1630. The van der Waals surface area contributed by atoms with Crippen LogP contribution >= 0.6 is 0 Å². The molecule has 3 atom stereocenters. The molecule has 244 valence electrons. The van der Waals surface area contributed by atoms with Crippen LogP contribution in [0.2, 0.25) is 0 Å². The lowest BCUT2D eigenvalue weighted by atomic mass is 9.92. The van der Waals surface area contributed by atoms with E-state index < -0.39 is 23.7 Å². The van der Waals surface area contributed by atoms with E-state index >= 15 is 0 Å². The van der Waals surface area contributed by atoms with Crippen LogP contribution in [0.3, 0.4) is 0 Å². The highest BCUT2D eigenvalue weighted by Gasteiger charge is 2.44. The third-order valence-corrected chi connectivity index (χ3v) is 8.84. The minimum atomic E-state index is -1.20. The number of hydrogen-bond donors (Lipinski definition) is 1. The van der Waals surface area contributed by atoms with Gasteiger partial charge in [-0.3, -0.25) is 4.99 Å². The molecule has 9 nitrogen and oxygen atoms in total. The van der Waals surface area contributed by atoms with Crippen molar-refractivity contribution in [1.82, 2.24) is 9.91 Å². The molecule has 0 aromatic heterocycles. The number of ether oxygens (including phenoxy) is 3. The van der Waals surface area contributed by atoms with E-state index in [2.05, 4.69) is 11.8 Å². The van der Waals surface area contributed by atoms with E-state index in [1.807, 2.05) is 76.0 Å². The van der Waals surface area contributed by atoms with Gasteiger partial charge in [0.15, 0.2) is 6.10 Å². The van der Waals surface area contributed by atoms with E-state index in [1.165, 1.54) is 12.1 Å². The standard InChI is InChI=1S/C36H43FN4O5/c1-22-9-8-18-44-36(6)14-16-40(17-15-36)33-31(32(34(42)43)46-35(3,4)5)23(2)38-30-21-28(39-41(30)33)25-11-7-10-24(19-25)27-13-12-26(37)20-29(27)45-22/h7-13,19-20,22-23,32H,14-18,21H2,1-6H3,(H,42,43)/b9-8-/t22-,23?,32-/m0/s1. The fourth-order valence-corrected chi connectivity index (χ4v) is 6.49. The Balaban J connectivity index is 1.49. The van der Waals surface area contributed by atoms with Gasteiger partial charge in [-0.1, -0.05) is 24.3 Å². The molecule has 0 saturated carbocycles. The molecule has 0 spiro atoms. The number of fused-ring (bicyclic) bond motifs is 6. The molecule has 7 rings (SSSR count). The average Bonchev–Trinajstić information content (AvgIpc) is 3.41. The lowest BCUT2D eigenvalue weighted by Crippen LogP contribution is -2.50. The second kappa shape index (κ2) is 12.3. The van der Waals surface area contributed by atoms with Gasteiger partial charge >= 0.3 is 5.97 Å². The highest BCUT2D eigenvalue weighted by molar-refractivity contribution is 6.16. The van der Waals surface area contributed by atoms with E-state index in [9.17, 15) is 14.3 Å².